The fourth-order valence-corrected chi connectivity index (χ4v) is 1.87. The van der Waals surface area contributed by atoms with Gasteiger partial charge >= 0.3 is 5.97 Å². The average molecular weight is 233 g/mol. The summed E-state index contributed by atoms with van der Waals surface area (Å²) in [4.78, 5) is 16.0. The summed E-state index contributed by atoms with van der Waals surface area (Å²) in [6.07, 6.45) is 2.12. The van der Waals surface area contributed by atoms with E-state index in [4.69, 9.17) is 5.73 Å². The molecule has 1 atom stereocenters. The number of hydrogen-bond donors (Lipinski definition) is 3. The zero-order valence-electron chi connectivity index (χ0n) is 7.56. The SMILES string of the molecule is COC(=O)C(Cc1cnc(N)s1)NS. The second-order valence-corrected chi connectivity index (χ2v) is 3.98. The summed E-state index contributed by atoms with van der Waals surface area (Å²) in [6.45, 7) is 0. The zero-order valence-corrected chi connectivity index (χ0v) is 9.27. The minimum atomic E-state index is -0.469. The second-order valence-electron chi connectivity index (χ2n) is 2.57. The van der Waals surface area contributed by atoms with Crippen LogP contribution in [0.15, 0.2) is 6.20 Å². The number of nitrogens with zero attached hydrogens (tertiary/aromatic N) is 1. The molecule has 0 aliphatic rings. The highest BCUT2D eigenvalue weighted by Crippen LogP contribution is 2.16. The molecule has 78 valence electrons. The van der Waals surface area contributed by atoms with Crippen LogP contribution in [0.5, 0.6) is 0 Å². The Morgan fingerprint density at radius 2 is 2.64 bits per heavy atom. The Bertz CT molecular complexity index is 316. The molecule has 0 spiro atoms. The standard InChI is InChI=1S/C7H11N3O2S2/c1-12-6(11)5(10-13)2-4-3-9-7(8)14-4/h3,5,10,13H,2H2,1H3,(H2,8,9). The van der Waals surface area contributed by atoms with Crippen LogP contribution in [-0.2, 0) is 16.0 Å². The number of rotatable bonds is 4. The highest BCUT2D eigenvalue weighted by molar-refractivity contribution is 7.78. The first-order chi connectivity index (χ1) is 6.67. The van der Waals surface area contributed by atoms with Crippen LogP contribution in [0.1, 0.15) is 4.88 Å². The quantitative estimate of drug-likeness (QED) is 0.513. The molecule has 0 bridgehead atoms. The highest BCUT2D eigenvalue weighted by atomic mass is 32.1. The van der Waals surface area contributed by atoms with E-state index < -0.39 is 6.04 Å². The third-order valence-corrected chi connectivity index (χ3v) is 2.78. The second kappa shape index (κ2) is 5.18. The summed E-state index contributed by atoms with van der Waals surface area (Å²) >= 11 is 5.19. The lowest BCUT2D eigenvalue weighted by Crippen LogP contribution is -2.33. The van der Waals surface area contributed by atoms with Gasteiger partial charge in [-0.2, -0.15) is 0 Å². The van der Waals surface area contributed by atoms with Crippen molar-refractivity contribution in [1.82, 2.24) is 9.71 Å². The summed E-state index contributed by atoms with van der Waals surface area (Å²) in [5.41, 5.74) is 5.46. The van der Waals surface area contributed by atoms with Crippen LogP contribution >= 0.6 is 24.2 Å². The summed E-state index contributed by atoms with van der Waals surface area (Å²) in [7, 11) is 1.33. The molecular weight excluding hydrogens is 222 g/mol. The molecule has 1 aromatic rings. The summed E-state index contributed by atoms with van der Waals surface area (Å²) in [5, 5.41) is 0.489. The molecule has 1 heterocycles. The Labute approximate surface area is 91.2 Å². The Morgan fingerprint density at radius 1 is 1.93 bits per heavy atom. The molecule has 1 aromatic heterocycles. The number of nitrogens with two attached hydrogens (primary N) is 1. The molecule has 0 aliphatic heterocycles. The number of methoxy groups -OCH3 is 1. The topological polar surface area (TPSA) is 77.2 Å². The number of carbonyl (C=O) groups excluding carboxylic acids is 1. The average Bonchev–Trinajstić information content (AvgIpc) is 2.59. The fraction of sp³-hybridized carbons (Fsp3) is 0.429. The van der Waals surface area contributed by atoms with Crippen LogP contribution in [0.4, 0.5) is 5.13 Å². The number of aromatic nitrogens is 1. The van der Waals surface area contributed by atoms with E-state index >= 15 is 0 Å². The number of anilines is 1. The molecule has 0 saturated heterocycles. The van der Waals surface area contributed by atoms with E-state index in [1.807, 2.05) is 0 Å². The predicted octanol–water partition coefficient (Wildman–Crippen LogP) is 0.244. The van der Waals surface area contributed by atoms with Crippen LogP contribution in [0.25, 0.3) is 0 Å². The number of thiazole rings is 1. The van der Waals surface area contributed by atoms with Crippen molar-refractivity contribution in [3.05, 3.63) is 11.1 Å². The number of esters is 1. The third-order valence-electron chi connectivity index (χ3n) is 1.62. The van der Waals surface area contributed by atoms with E-state index in [1.165, 1.54) is 18.4 Å². The van der Waals surface area contributed by atoms with E-state index in [9.17, 15) is 4.79 Å². The van der Waals surface area contributed by atoms with Crippen molar-refractivity contribution in [2.24, 2.45) is 0 Å². The lowest BCUT2D eigenvalue weighted by atomic mass is 10.2. The molecule has 7 heteroatoms. The van der Waals surface area contributed by atoms with Gasteiger partial charge in [0, 0.05) is 17.5 Å². The molecular formula is C7H11N3O2S2. The van der Waals surface area contributed by atoms with Gasteiger partial charge < -0.3 is 10.5 Å². The lowest BCUT2D eigenvalue weighted by Gasteiger charge is -2.10. The molecule has 0 fully saturated rings. The van der Waals surface area contributed by atoms with E-state index in [1.54, 1.807) is 6.20 Å². The first-order valence-electron chi connectivity index (χ1n) is 3.85. The van der Waals surface area contributed by atoms with E-state index in [-0.39, 0.29) is 5.97 Å². The van der Waals surface area contributed by atoms with Crippen molar-refractivity contribution in [2.45, 2.75) is 12.5 Å². The van der Waals surface area contributed by atoms with Gasteiger partial charge in [0.2, 0.25) is 0 Å². The van der Waals surface area contributed by atoms with Crippen molar-refractivity contribution in [3.63, 3.8) is 0 Å². The molecule has 0 amide bonds. The summed E-state index contributed by atoms with van der Waals surface area (Å²) in [5.74, 6) is -0.355. The number of nitrogen functional groups attached to an aromatic ring is 1. The molecule has 3 N–H and O–H groups in total. The zero-order chi connectivity index (χ0) is 10.6. The maximum atomic E-state index is 11.2. The van der Waals surface area contributed by atoms with E-state index in [2.05, 4.69) is 27.3 Å². The maximum Gasteiger partial charge on any atom is 0.324 e. The van der Waals surface area contributed by atoms with Gasteiger partial charge in [0.15, 0.2) is 5.13 Å². The third kappa shape index (κ3) is 2.86. The van der Waals surface area contributed by atoms with Gasteiger partial charge in [-0.25, -0.2) is 4.98 Å². The van der Waals surface area contributed by atoms with Crippen LogP contribution in [0, 0.1) is 0 Å². The van der Waals surface area contributed by atoms with Crippen LogP contribution in [0.3, 0.4) is 0 Å². The largest absolute Gasteiger partial charge is 0.468 e. The van der Waals surface area contributed by atoms with Gasteiger partial charge in [-0.05, 0) is 0 Å². The highest BCUT2D eigenvalue weighted by Gasteiger charge is 2.18. The predicted molar refractivity (Wildman–Crippen MR) is 58.2 cm³/mol. The van der Waals surface area contributed by atoms with Crippen molar-refractivity contribution < 1.29 is 9.53 Å². The van der Waals surface area contributed by atoms with Crippen molar-refractivity contribution >= 4 is 35.3 Å². The minimum Gasteiger partial charge on any atom is -0.468 e. The number of thiol groups is 1. The molecule has 0 aromatic carbocycles. The van der Waals surface area contributed by atoms with Gasteiger partial charge in [-0.1, -0.05) is 12.8 Å². The number of ether oxygens (including phenoxy) is 1. The molecule has 1 rings (SSSR count). The molecule has 14 heavy (non-hydrogen) atoms. The van der Waals surface area contributed by atoms with Crippen molar-refractivity contribution in [3.8, 4) is 0 Å². The molecule has 5 nitrogen and oxygen atoms in total. The van der Waals surface area contributed by atoms with Gasteiger partial charge in [-0.3, -0.25) is 9.52 Å². The Morgan fingerprint density at radius 3 is 3.07 bits per heavy atom. The van der Waals surface area contributed by atoms with Gasteiger partial charge in [-0.15, -0.1) is 11.3 Å². The molecule has 0 radical (unpaired) electrons. The fourth-order valence-electron chi connectivity index (χ4n) is 0.942. The first-order valence-corrected chi connectivity index (χ1v) is 5.11. The van der Waals surface area contributed by atoms with E-state index in [0.717, 1.165) is 4.88 Å². The van der Waals surface area contributed by atoms with Crippen LogP contribution < -0.4 is 10.5 Å². The van der Waals surface area contributed by atoms with Crippen molar-refractivity contribution in [1.29, 1.82) is 0 Å². The first kappa shape index (κ1) is 11.3. The van der Waals surface area contributed by atoms with Gasteiger partial charge in [0.25, 0.3) is 0 Å². The number of carbonyl (C=O) groups is 1. The van der Waals surface area contributed by atoms with E-state index in [0.29, 0.717) is 11.6 Å². The van der Waals surface area contributed by atoms with Crippen LogP contribution in [0.2, 0.25) is 0 Å². The Kier molecular flexibility index (Phi) is 4.18. The van der Waals surface area contributed by atoms with Gasteiger partial charge in [0.1, 0.15) is 6.04 Å². The summed E-state index contributed by atoms with van der Waals surface area (Å²) < 4.78 is 7.15. The summed E-state index contributed by atoms with van der Waals surface area (Å²) in [6, 6.07) is -0.469. The monoisotopic (exact) mass is 233 g/mol. The molecule has 1 unspecified atom stereocenters. The lowest BCUT2D eigenvalue weighted by molar-refractivity contribution is -0.142. The Hall–Kier alpha value is -0.790. The number of nitrogens with one attached hydrogen (secondary N) is 1. The van der Waals surface area contributed by atoms with Crippen molar-refractivity contribution in [2.75, 3.05) is 12.8 Å². The Balaban J connectivity index is 2.61. The van der Waals surface area contributed by atoms with Gasteiger partial charge in [0.05, 0.1) is 7.11 Å². The maximum absolute atomic E-state index is 11.2. The van der Waals surface area contributed by atoms with Crippen LogP contribution in [-0.4, -0.2) is 24.1 Å². The number of hydrogen-bond acceptors (Lipinski definition) is 7. The normalized spacial score (nSPS) is 12.4. The molecule has 0 aliphatic carbocycles. The smallest absolute Gasteiger partial charge is 0.324 e. The minimum absolute atomic E-state index is 0.355. The molecule has 0 saturated carbocycles.